The van der Waals surface area contributed by atoms with Crippen molar-refractivity contribution in [3.63, 3.8) is 0 Å². The maximum absolute atomic E-state index is 10.3. The van der Waals surface area contributed by atoms with E-state index in [1.807, 2.05) is 6.08 Å². The molecule has 1 rings (SSSR count). The first kappa shape index (κ1) is 16.5. The molecule has 0 bridgehead atoms. The van der Waals surface area contributed by atoms with Gasteiger partial charge in [0, 0.05) is 5.92 Å². The van der Waals surface area contributed by atoms with Crippen molar-refractivity contribution in [3.8, 4) is 0 Å². The van der Waals surface area contributed by atoms with Crippen molar-refractivity contribution < 1.29 is 9.53 Å². The van der Waals surface area contributed by atoms with E-state index in [4.69, 9.17) is 4.43 Å². The smallest absolute Gasteiger partial charge is 0.249 e. The van der Waals surface area contributed by atoms with Crippen LogP contribution in [0.2, 0.25) is 18.1 Å². The largest absolute Gasteiger partial charge is 0.549 e. The molecule has 0 amide bonds. The molecule has 0 saturated heterocycles. The summed E-state index contributed by atoms with van der Waals surface area (Å²) in [6, 6.07) is 0. The summed E-state index contributed by atoms with van der Waals surface area (Å²) in [5.41, 5.74) is 1.02. The maximum Gasteiger partial charge on any atom is 0.249 e. The van der Waals surface area contributed by atoms with Gasteiger partial charge in [-0.2, -0.15) is 0 Å². The van der Waals surface area contributed by atoms with Crippen LogP contribution in [-0.2, 0) is 4.43 Å². The minimum Gasteiger partial charge on any atom is -0.549 e. The zero-order chi connectivity index (χ0) is 15.1. The predicted molar refractivity (Wildman–Crippen MR) is 84.5 cm³/mol. The van der Waals surface area contributed by atoms with Crippen LogP contribution in [-0.4, -0.2) is 19.5 Å². The Hall–Kier alpha value is -0.543. The fourth-order valence-corrected chi connectivity index (χ4v) is 3.00. The Morgan fingerprint density at radius 3 is 2.26 bits per heavy atom. The SMILES string of the molecule is C=C1CC(C)(C)[C@H](O)[C@@H]1/C=C/O[Si](C)(C)C(C)(C)C. The van der Waals surface area contributed by atoms with Crippen molar-refractivity contribution in [2.24, 2.45) is 11.3 Å². The average Bonchev–Trinajstić information content (AvgIpc) is 2.38. The number of aliphatic hydroxyl groups excluding tert-OH is 1. The molecule has 3 heteroatoms. The molecular weight excluding hydrogens is 252 g/mol. The molecule has 1 saturated carbocycles. The Bertz CT molecular complexity index is 375. The number of hydrogen-bond donors (Lipinski definition) is 1. The lowest BCUT2D eigenvalue weighted by atomic mass is 9.87. The molecule has 0 aliphatic heterocycles. The first-order chi connectivity index (χ1) is 8.38. The van der Waals surface area contributed by atoms with Gasteiger partial charge in [-0.15, -0.1) is 0 Å². The summed E-state index contributed by atoms with van der Waals surface area (Å²) in [5.74, 6) is 0.0276. The number of aliphatic hydroxyl groups is 1. The van der Waals surface area contributed by atoms with E-state index in [2.05, 4.69) is 54.3 Å². The Labute approximate surface area is 119 Å². The lowest BCUT2D eigenvalue weighted by molar-refractivity contribution is 0.0600. The van der Waals surface area contributed by atoms with Crippen LogP contribution < -0.4 is 0 Å². The zero-order valence-corrected chi connectivity index (χ0v) is 14.6. The van der Waals surface area contributed by atoms with E-state index in [1.54, 1.807) is 6.26 Å². The fourth-order valence-electron chi connectivity index (χ4n) is 2.23. The highest BCUT2D eigenvalue weighted by atomic mass is 28.4. The Kier molecular flexibility index (Phi) is 4.43. The molecule has 0 radical (unpaired) electrons. The van der Waals surface area contributed by atoms with Crippen LogP contribution in [0.15, 0.2) is 24.5 Å². The molecule has 0 spiro atoms. The summed E-state index contributed by atoms with van der Waals surface area (Å²) in [7, 11) is -1.75. The van der Waals surface area contributed by atoms with Gasteiger partial charge in [0.25, 0.3) is 0 Å². The third-order valence-electron chi connectivity index (χ3n) is 4.75. The molecule has 0 heterocycles. The Balaban J connectivity index is 2.71. The first-order valence-corrected chi connectivity index (χ1v) is 9.99. The highest BCUT2D eigenvalue weighted by molar-refractivity contribution is 6.74. The monoisotopic (exact) mass is 282 g/mol. The molecule has 1 N–H and O–H groups in total. The zero-order valence-electron chi connectivity index (χ0n) is 13.6. The molecule has 1 aliphatic carbocycles. The van der Waals surface area contributed by atoms with Crippen LogP contribution in [0.25, 0.3) is 0 Å². The number of rotatable bonds is 3. The van der Waals surface area contributed by atoms with Crippen molar-refractivity contribution >= 4 is 8.32 Å². The van der Waals surface area contributed by atoms with E-state index < -0.39 is 8.32 Å². The van der Waals surface area contributed by atoms with Gasteiger partial charge in [-0.3, -0.25) is 0 Å². The molecular formula is C16H30O2Si. The lowest BCUT2D eigenvalue weighted by Crippen LogP contribution is -2.39. The minimum atomic E-state index is -1.75. The van der Waals surface area contributed by atoms with Gasteiger partial charge in [0.15, 0.2) is 0 Å². The van der Waals surface area contributed by atoms with Crippen LogP contribution >= 0.6 is 0 Å². The van der Waals surface area contributed by atoms with Crippen LogP contribution in [0.3, 0.4) is 0 Å². The predicted octanol–water partition coefficient (Wildman–Crippen LogP) is 4.49. The molecule has 1 aliphatic rings. The highest BCUT2D eigenvalue weighted by Gasteiger charge is 2.42. The molecule has 0 aromatic carbocycles. The van der Waals surface area contributed by atoms with E-state index in [1.165, 1.54) is 0 Å². The second kappa shape index (κ2) is 5.10. The molecule has 110 valence electrons. The van der Waals surface area contributed by atoms with Crippen molar-refractivity contribution in [1.29, 1.82) is 0 Å². The molecule has 0 aromatic heterocycles. The third-order valence-corrected chi connectivity index (χ3v) is 9.09. The summed E-state index contributed by atoms with van der Waals surface area (Å²) < 4.78 is 6.03. The van der Waals surface area contributed by atoms with Crippen molar-refractivity contribution in [2.45, 2.75) is 65.3 Å². The van der Waals surface area contributed by atoms with Crippen LogP contribution in [0, 0.1) is 11.3 Å². The van der Waals surface area contributed by atoms with Gasteiger partial charge in [0.2, 0.25) is 8.32 Å². The molecule has 2 nitrogen and oxygen atoms in total. The van der Waals surface area contributed by atoms with Gasteiger partial charge in [-0.25, -0.2) is 0 Å². The number of hydrogen-bond acceptors (Lipinski definition) is 2. The average molecular weight is 282 g/mol. The standard InChI is InChI=1S/C16H30O2Si/c1-12-11-16(5,6)14(17)13(12)9-10-18-19(7,8)15(2,3)4/h9-10,13-14,17H,1,11H2,2-8H3/b10-9+/t13-,14-/m1/s1. The van der Waals surface area contributed by atoms with E-state index in [0.29, 0.717) is 0 Å². The van der Waals surface area contributed by atoms with E-state index >= 15 is 0 Å². The van der Waals surface area contributed by atoms with E-state index in [9.17, 15) is 5.11 Å². The van der Waals surface area contributed by atoms with Gasteiger partial charge in [-0.05, 0) is 36.0 Å². The summed E-state index contributed by atoms with van der Waals surface area (Å²) >= 11 is 0. The van der Waals surface area contributed by atoms with Crippen molar-refractivity contribution in [1.82, 2.24) is 0 Å². The van der Waals surface area contributed by atoms with Crippen LogP contribution in [0.4, 0.5) is 0 Å². The highest BCUT2D eigenvalue weighted by Crippen LogP contribution is 2.45. The normalized spacial score (nSPS) is 28.1. The van der Waals surface area contributed by atoms with Crippen molar-refractivity contribution in [2.75, 3.05) is 0 Å². The van der Waals surface area contributed by atoms with Gasteiger partial charge < -0.3 is 9.53 Å². The quantitative estimate of drug-likeness (QED) is 0.469. The van der Waals surface area contributed by atoms with E-state index in [-0.39, 0.29) is 22.5 Å². The molecule has 0 aromatic rings. The van der Waals surface area contributed by atoms with Gasteiger partial charge >= 0.3 is 0 Å². The molecule has 2 atom stereocenters. The fraction of sp³-hybridized carbons (Fsp3) is 0.750. The second-order valence-electron chi connectivity index (χ2n) is 8.00. The third kappa shape index (κ3) is 3.51. The van der Waals surface area contributed by atoms with Crippen LogP contribution in [0.1, 0.15) is 41.0 Å². The van der Waals surface area contributed by atoms with Gasteiger partial charge in [0.05, 0.1) is 12.4 Å². The maximum atomic E-state index is 10.3. The van der Waals surface area contributed by atoms with Crippen LogP contribution in [0.5, 0.6) is 0 Å². The van der Waals surface area contributed by atoms with Crippen molar-refractivity contribution in [3.05, 3.63) is 24.5 Å². The van der Waals surface area contributed by atoms with Gasteiger partial charge in [0.1, 0.15) is 0 Å². The Morgan fingerprint density at radius 1 is 1.37 bits per heavy atom. The van der Waals surface area contributed by atoms with Gasteiger partial charge in [-0.1, -0.05) is 46.8 Å². The first-order valence-electron chi connectivity index (χ1n) is 7.09. The van der Waals surface area contributed by atoms with E-state index in [0.717, 1.165) is 12.0 Å². The summed E-state index contributed by atoms with van der Waals surface area (Å²) in [4.78, 5) is 0. The molecule has 0 unspecified atom stereocenters. The summed E-state index contributed by atoms with van der Waals surface area (Å²) in [6.07, 6.45) is 4.31. The Morgan fingerprint density at radius 2 is 1.89 bits per heavy atom. The summed E-state index contributed by atoms with van der Waals surface area (Å²) in [6.45, 7) is 19.4. The molecule has 1 fully saturated rings. The molecule has 19 heavy (non-hydrogen) atoms. The summed E-state index contributed by atoms with van der Waals surface area (Å²) in [5, 5.41) is 10.5. The second-order valence-corrected chi connectivity index (χ2v) is 12.8. The topological polar surface area (TPSA) is 29.5 Å². The minimum absolute atomic E-state index is 0.0276. The lowest BCUT2D eigenvalue weighted by Gasteiger charge is -2.35.